The number of unbranched alkanes of at least 4 members (excludes halogenated alkanes) is 1. The lowest BCUT2D eigenvalue weighted by molar-refractivity contribution is 0.0833. The normalized spacial score (nSPS) is 17.7. The first-order chi connectivity index (χ1) is 11.8. The van der Waals surface area contributed by atoms with E-state index >= 15 is 0 Å². The Labute approximate surface area is 154 Å². The van der Waals surface area contributed by atoms with Crippen LogP contribution in [0.1, 0.15) is 64.3 Å². The van der Waals surface area contributed by atoms with Gasteiger partial charge in [-0.1, -0.05) is 31.4 Å². The Bertz CT molecular complexity index is 805. The number of rotatable bonds is 4. The lowest BCUT2D eigenvalue weighted by Crippen LogP contribution is -2.40. The smallest absolute Gasteiger partial charge is 0.255 e. The maximum atomic E-state index is 12.7. The van der Waals surface area contributed by atoms with Gasteiger partial charge in [-0.2, -0.15) is 0 Å². The highest BCUT2D eigenvalue weighted by atomic mass is 35.5. The molecule has 2 aromatic rings. The number of aromatic amines is 1. The van der Waals surface area contributed by atoms with Crippen molar-refractivity contribution in [3.8, 4) is 11.4 Å². The van der Waals surface area contributed by atoms with Gasteiger partial charge in [0.2, 0.25) is 0 Å². The van der Waals surface area contributed by atoms with Gasteiger partial charge >= 0.3 is 0 Å². The molecule has 0 spiro atoms. The molecule has 0 radical (unpaired) electrons. The van der Waals surface area contributed by atoms with Crippen LogP contribution in [0.4, 0.5) is 0 Å². The minimum atomic E-state index is -0.0248. The van der Waals surface area contributed by atoms with Crippen LogP contribution in [0.2, 0.25) is 5.02 Å². The van der Waals surface area contributed by atoms with Crippen molar-refractivity contribution in [2.24, 2.45) is 0 Å². The van der Waals surface area contributed by atoms with Crippen LogP contribution < -0.4 is 5.56 Å². The number of H-pyrrole nitrogens is 1. The molecule has 0 bridgehead atoms. The summed E-state index contributed by atoms with van der Waals surface area (Å²) in [7, 11) is 0. The van der Waals surface area contributed by atoms with E-state index in [1.54, 1.807) is 0 Å². The minimum absolute atomic E-state index is 0.00795. The Kier molecular flexibility index (Phi) is 5.03. The number of nitrogens with one attached hydrogen (secondary N) is 1. The van der Waals surface area contributed by atoms with E-state index < -0.39 is 0 Å². The zero-order valence-electron chi connectivity index (χ0n) is 15.4. The largest absolute Gasteiger partial charge is 0.306 e. The Balaban J connectivity index is 2.06. The summed E-state index contributed by atoms with van der Waals surface area (Å²) in [6.45, 7) is 9.46. The molecule has 134 valence electrons. The van der Waals surface area contributed by atoms with Crippen molar-refractivity contribution in [2.75, 3.05) is 0 Å². The molecule has 25 heavy (non-hydrogen) atoms. The Morgan fingerprint density at radius 1 is 1.28 bits per heavy atom. The van der Waals surface area contributed by atoms with Crippen LogP contribution in [0.25, 0.3) is 11.4 Å². The molecule has 0 saturated heterocycles. The summed E-state index contributed by atoms with van der Waals surface area (Å²) in [4.78, 5) is 22.9. The number of halogens is 1. The van der Waals surface area contributed by atoms with Crippen LogP contribution in [0, 0.1) is 0 Å². The molecule has 0 fully saturated rings. The third kappa shape index (κ3) is 3.65. The molecule has 1 aliphatic heterocycles. The molecule has 5 heteroatoms. The van der Waals surface area contributed by atoms with E-state index in [2.05, 4.69) is 37.6 Å². The fourth-order valence-corrected chi connectivity index (χ4v) is 3.64. The summed E-state index contributed by atoms with van der Waals surface area (Å²) < 4.78 is 0. The fourth-order valence-electron chi connectivity index (χ4n) is 3.51. The zero-order valence-corrected chi connectivity index (χ0v) is 16.2. The Morgan fingerprint density at radius 2 is 1.96 bits per heavy atom. The highest BCUT2D eigenvalue weighted by Gasteiger charge is 2.39. The topological polar surface area (TPSA) is 49.0 Å². The molecule has 1 aromatic heterocycles. The minimum Gasteiger partial charge on any atom is -0.306 e. The monoisotopic (exact) mass is 359 g/mol. The Morgan fingerprint density at radius 3 is 2.56 bits per heavy atom. The summed E-state index contributed by atoms with van der Waals surface area (Å²) in [6, 6.07) is 7.62. The molecular formula is C20H26ClN3O. The highest BCUT2D eigenvalue weighted by molar-refractivity contribution is 6.30. The SMILES string of the molecule is CCCCC1c2nc(-c3ccc(Cl)cc3)[nH]c(=O)c2CN1C(C)(C)C. The predicted octanol–water partition coefficient (Wildman–Crippen LogP) is 4.94. The van der Waals surface area contributed by atoms with Crippen LogP contribution in [0.15, 0.2) is 29.1 Å². The van der Waals surface area contributed by atoms with Crippen molar-refractivity contribution in [2.45, 2.75) is 65.1 Å². The molecule has 3 rings (SSSR count). The van der Waals surface area contributed by atoms with Crippen LogP contribution >= 0.6 is 11.6 Å². The van der Waals surface area contributed by atoms with Gasteiger partial charge in [0, 0.05) is 22.7 Å². The van der Waals surface area contributed by atoms with E-state index in [0.717, 1.165) is 36.1 Å². The van der Waals surface area contributed by atoms with Gasteiger partial charge in [-0.15, -0.1) is 0 Å². The lowest BCUT2D eigenvalue weighted by atomic mass is 10.0. The molecule has 1 aliphatic rings. The van der Waals surface area contributed by atoms with E-state index in [4.69, 9.17) is 16.6 Å². The maximum Gasteiger partial charge on any atom is 0.255 e. The summed E-state index contributed by atoms with van der Waals surface area (Å²) in [5.41, 5.74) is 2.60. The average molecular weight is 360 g/mol. The number of aromatic nitrogens is 2. The second-order valence-electron chi connectivity index (χ2n) is 7.74. The van der Waals surface area contributed by atoms with Gasteiger partial charge in [-0.3, -0.25) is 9.69 Å². The van der Waals surface area contributed by atoms with Gasteiger partial charge in [0.25, 0.3) is 5.56 Å². The van der Waals surface area contributed by atoms with Gasteiger partial charge in [0.1, 0.15) is 5.82 Å². The number of benzene rings is 1. The van der Waals surface area contributed by atoms with Crippen molar-refractivity contribution in [3.63, 3.8) is 0 Å². The van der Waals surface area contributed by atoms with E-state index in [1.807, 2.05) is 24.3 Å². The van der Waals surface area contributed by atoms with Crippen molar-refractivity contribution in [3.05, 3.63) is 50.9 Å². The fraction of sp³-hybridized carbons (Fsp3) is 0.500. The molecule has 2 heterocycles. The molecule has 1 N–H and O–H groups in total. The molecule has 4 nitrogen and oxygen atoms in total. The van der Waals surface area contributed by atoms with Crippen molar-refractivity contribution >= 4 is 11.6 Å². The Hall–Kier alpha value is -1.65. The summed E-state index contributed by atoms with van der Waals surface area (Å²) in [5, 5.41) is 0.673. The second-order valence-corrected chi connectivity index (χ2v) is 8.18. The zero-order chi connectivity index (χ0) is 18.2. The number of hydrogen-bond acceptors (Lipinski definition) is 3. The van der Waals surface area contributed by atoms with E-state index in [1.165, 1.54) is 0 Å². The third-order valence-electron chi connectivity index (χ3n) is 4.88. The molecule has 1 unspecified atom stereocenters. The van der Waals surface area contributed by atoms with Crippen LogP contribution in [0.3, 0.4) is 0 Å². The molecular weight excluding hydrogens is 334 g/mol. The van der Waals surface area contributed by atoms with Gasteiger partial charge in [0.05, 0.1) is 17.3 Å². The van der Waals surface area contributed by atoms with E-state index in [-0.39, 0.29) is 17.1 Å². The number of fused-ring (bicyclic) bond motifs is 1. The molecule has 1 atom stereocenters. The predicted molar refractivity (Wildman–Crippen MR) is 103 cm³/mol. The average Bonchev–Trinajstić information content (AvgIpc) is 2.93. The van der Waals surface area contributed by atoms with Crippen molar-refractivity contribution in [1.82, 2.24) is 14.9 Å². The molecule has 1 aromatic carbocycles. The first-order valence-corrected chi connectivity index (χ1v) is 9.35. The van der Waals surface area contributed by atoms with Crippen LogP contribution in [0.5, 0.6) is 0 Å². The molecule has 0 saturated carbocycles. The quantitative estimate of drug-likeness (QED) is 0.841. The van der Waals surface area contributed by atoms with Gasteiger partial charge in [-0.05, 0) is 51.5 Å². The van der Waals surface area contributed by atoms with Crippen LogP contribution in [-0.4, -0.2) is 20.4 Å². The first kappa shape index (κ1) is 18.2. The maximum absolute atomic E-state index is 12.7. The first-order valence-electron chi connectivity index (χ1n) is 8.97. The van der Waals surface area contributed by atoms with E-state index in [9.17, 15) is 4.79 Å². The standard InChI is InChI=1S/C20H26ClN3O/c1-5-6-7-16-17-15(12-24(16)20(2,3)4)19(25)23-18(22-17)13-8-10-14(21)11-9-13/h8-11,16H,5-7,12H2,1-4H3,(H,22,23,25). The van der Waals surface area contributed by atoms with E-state index in [0.29, 0.717) is 17.4 Å². The highest BCUT2D eigenvalue weighted by Crippen LogP contribution is 2.39. The second kappa shape index (κ2) is 6.93. The van der Waals surface area contributed by atoms with Crippen molar-refractivity contribution in [1.29, 1.82) is 0 Å². The van der Waals surface area contributed by atoms with Crippen LogP contribution in [-0.2, 0) is 6.54 Å². The van der Waals surface area contributed by atoms with Gasteiger partial charge in [-0.25, -0.2) is 4.98 Å². The summed E-state index contributed by atoms with van der Waals surface area (Å²) in [6.07, 6.45) is 3.29. The lowest BCUT2D eigenvalue weighted by Gasteiger charge is -2.36. The van der Waals surface area contributed by atoms with Crippen molar-refractivity contribution < 1.29 is 0 Å². The number of nitrogens with zero attached hydrogens (tertiary/aromatic N) is 2. The summed E-state index contributed by atoms with van der Waals surface area (Å²) >= 11 is 5.97. The third-order valence-corrected chi connectivity index (χ3v) is 5.13. The molecule has 0 amide bonds. The summed E-state index contributed by atoms with van der Waals surface area (Å²) in [5.74, 6) is 0.623. The number of hydrogen-bond donors (Lipinski definition) is 1. The van der Waals surface area contributed by atoms with Gasteiger partial charge < -0.3 is 4.98 Å². The molecule has 0 aliphatic carbocycles. The van der Waals surface area contributed by atoms with Gasteiger partial charge in [0.15, 0.2) is 0 Å².